The maximum absolute atomic E-state index is 10.3. The first-order valence-corrected chi connectivity index (χ1v) is 10.4. The average molecular weight is 419 g/mol. The van der Waals surface area contributed by atoms with E-state index in [1.807, 2.05) is 30.3 Å². The van der Waals surface area contributed by atoms with E-state index in [2.05, 4.69) is 21.9 Å². The van der Waals surface area contributed by atoms with E-state index in [0.717, 1.165) is 49.8 Å². The Labute approximate surface area is 176 Å². The van der Waals surface area contributed by atoms with Crippen molar-refractivity contribution in [3.05, 3.63) is 58.6 Å². The van der Waals surface area contributed by atoms with Crippen LogP contribution in [0.3, 0.4) is 0 Å². The molecular formula is C22H27ClN2O4. The third kappa shape index (κ3) is 5.84. The summed E-state index contributed by atoms with van der Waals surface area (Å²) in [6.45, 7) is 6.51. The molecule has 1 N–H and O–H groups in total. The quantitative estimate of drug-likeness (QED) is 0.711. The fourth-order valence-electron chi connectivity index (χ4n) is 3.67. The zero-order valence-electron chi connectivity index (χ0n) is 16.4. The van der Waals surface area contributed by atoms with E-state index in [0.29, 0.717) is 31.6 Å². The molecule has 0 spiro atoms. The molecule has 7 heteroatoms. The molecule has 0 saturated carbocycles. The molecule has 2 aromatic carbocycles. The summed E-state index contributed by atoms with van der Waals surface area (Å²) in [7, 11) is 0. The first-order valence-electron chi connectivity index (χ1n) is 9.99. The molecule has 2 aliphatic rings. The van der Waals surface area contributed by atoms with E-state index in [9.17, 15) is 5.11 Å². The lowest BCUT2D eigenvalue weighted by Gasteiger charge is -2.35. The van der Waals surface area contributed by atoms with Gasteiger partial charge in [0.15, 0.2) is 11.5 Å². The van der Waals surface area contributed by atoms with Gasteiger partial charge < -0.3 is 19.3 Å². The third-order valence-corrected chi connectivity index (χ3v) is 5.52. The van der Waals surface area contributed by atoms with Crippen LogP contribution in [0.15, 0.2) is 42.5 Å². The third-order valence-electron chi connectivity index (χ3n) is 5.27. The number of ether oxygens (including phenoxy) is 3. The molecule has 0 amide bonds. The van der Waals surface area contributed by atoms with Crippen LogP contribution in [0, 0.1) is 0 Å². The fourth-order valence-corrected chi connectivity index (χ4v) is 3.80. The van der Waals surface area contributed by atoms with Crippen LogP contribution in [-0.2, 0) is 17.9 Å². The van der Waals surface area contributed by atoms with Gasteiger partial charge in [0.1, 0.15) is 0 Å². The Bertz CT molecular complexity index is 794. The predicted octanol–water partition coefficient (Wildman–Crippen LogP) is 2.76. The second-order valence-electron chi connectivity index (χ2n) is 7.56. The molecule has 2 aromatic rings. The number of benzene rings is 2. The van der Waals surface area contributed by atoms with Crippen molar-refractivity contribution in [2.24, 2.45) is 0 Å². The minimum absolute atomic E-state index is 0.309. The number of hydrogen-bond donors (Lipinski definition) is 1. The molecule has 4 rings (SSSR count). The summed E-state index contributed by atoms with van der Waals surface area (Å²) in [6.07, 6.45) is -0.484. The Kier molecular flexibility index (Phi) is 6.90. The van der Waals surface area contributed by atoms with E-state index < -0.39 is 6.10 Å². The number of rotatable bonds is 8. The molecule has 1 fully saturated rings. The molecule has 29 heavy (non-hydrogen) atoms. The molecule has 0 aliphatic carbocycles. The van der Waals surface area contributed by atoms with Crippen molar-refractivity contribution in [2.45, 2.75) is 19.3 Å². The van der Waals surface area contributed by atoms with Crippen molar-refractivity contribution in [3.63, 3.8) is 0 Å². The molecular weight excluding hydrogens is 392 g/mol. The van der Waals surface area contributed by atoms with Gasteiger partial charge in [0, 0.05) is 44.3 Å². The van der Waals surface area contributed by atoms with Crippen molar-refractivity contribution in [1.82, 2.24) is 9.80 Å². The molecule has 0 bridgehead atoms. The Morgan fingerprint density at radius 3 is 2.41 bits per heavy atom. The zero-order valence-corrected chi connectivity index (χ0v) is 17.2. The molecule has 1 atom stereocenters. The summed E-state index contributed by atoms with van der Waals surface area (Å²) in [5.41, 5.74) is 2.29. The number of fused-ring (bicyclic) bond motifs is 1. The van der Waals surface area contributed by atoms with E-state index in [1.165, 1.54) is 5.56 Å². The molecule has 2 aliphatic heterocycles. The average Bonchev–Trinajstić information content (AvgIpc) is 3.19. The van der Waals surface area contributed by atoms with Gasteiger partial charge in [-0.2, -0.15) is 0 Å². The highest BCUT2D eigenvalue weighted by atomic mass is 35.5. The van der Waals surface area contributed by atoms with Gasteiger partial charge in [-0.1, -0.05) is 29.8 Å². The number of aliphatic hydroxyl groups excluding tert-OH is 1. The highest BCUT2D eigenvalue weighted by Gasteiger charge is 2.20. The van der Waals surface area contributed by atoms with Crippen LogP contribution in [0.25, 0.3) is 0 Å². The first-order chi connectivity index (χ1) is 14.2. The van der Waals surface area contributed by atoms with E-state index in [1.54, 1.807) is 0 Å². The summed E-state index contributed by atoms with van der Waals surface area (Å²) in [4.78, 5) is 4.73. The number of hydrogen-bond acceptors (Lipinski definition) is 6. The van der Waals surface area contributed by atoms with Crippen molar-refractivity contribution in [2.75, 3.05) is 46.1 Å². The summed E-state index contributed by atoms with van der Waals surface area (Å²) >= 11 is 5.88. The van der Waals surface area contributed by atoms with Crippen LogP contribution in [0.1, 0.15) is 11.1 Å². The van der Waals surface area contributed by atoms with E-state index in [4.69, 9.17) is 25.8 Å². The number of nitrogens with zero attached hydrogens (tertiary/aromatic N) is 2. The highest BCUT2D eigenvalue weighted by molar-refractivity contribution is 6.30. The van der Waals surface area contributed by atoms with Gasteiger partial charge in [-0.05, 0) is 35.4 Å². The lowest BCUT2D eigenvalue weighted by atomic mass is 10.1. The number of halogens is 1. The van der Waals surface area contributed by atoms with Crippen LogP contribution in [0.5, 0.6) is 11.5 Å². The summed E-state index contributed by atoms with van der Waals surface area (Å²) in [5, 5.41) is 11.0. The van der Waals surface area contributed by atoms with Gasteiger partial charge in [0.25, 0.3) is 0 Å². The van der Waals surface area contributed by atoms with Gasteiger partial charge in [0.05, 0.1) is 19.3 Å². The Morgan fingerprint density at radius 2 is 1.62 bits per heavy atom. The lowest BCUT2D eigenvalue weighted by molar-refractivity contribution is 0.000875. The van der Waals surface area contributed by atoms with Crippen LogP contribution in [0.4, 0.5) is 0 Å². The molecule has 0 aromatic heterocycles. The lowest BCUT2D eigenvalue weighted by Crippen LogP contribution is -2.48. The molecule has 1 saturated heterocycles. The molecule has 2 heterocycles. The minimum atomic E-state index is -0.484. The van der Waals surface area contributed by atoms with Gasteiger partial charge >= 0.3 is 0 Å². The Balaban J connectivity index is 1.14. The zero-order chi connectivity index (χ0) is 20.1. The van der Waals surface area contributed by atoms with Gasteiger partial charge in [-0.25, -0.2) is 0 Å². The largest absolute Gasteiger partial charge is 0.454 e. The molecule has 0 unspecified atom stereocenters. The van der Waals surface area contributed by atoms with Gasteiger partial charge in [-0.3, -0.25) is 9.80 Å². The Morgan fingerprint density at radius 1 is 0.931 bits per heavy atom. The number of aliphatic hydroxyl groups is 1. The second-order valence-corrected chi connectivity index (χ2v) is 8.00. The van der Waals surface area contributed by atoms with Crippen molar-refractivity contribution < 1.29 is 19.3 Å². The minimum Gasteiger partial charge on any atom is -0.454 e. The summed E-state index contributed by atoms with van der Waals surface area (Å²) in [6, 6.07) is 13.7. The molecule has 6 nitrogen and oxygen atoms in total. The van der Waals surface area contributed by atoms with Crippen LogP contribution < -0.4 is 9.47 Å². The van der Waals surface area contributed by atoms with Crippen molar-refractivity contribution >= 4 is 11.6 Å². The molecule has 156 valence electrons. The predicted molar refractivity (Wildman–Crippen MR) is 111 cm³/mol. The standard InChI is InChI=1S/C22H27ClN2O4/c23-19-4-1-17(2-5-19)14-27-15-20(26)13-25-9-7-24(8-10-25)12-18-3-6-21-22(11-18)29-16-28-21/h1-6,11,20,26H,7-10,12-16H2/t20-/m1/s1. The van der Waals surface area contributed by atoms with Crippen LogP contribution >= 0.6 is 11.6 Å². The number of piperazine rings is 1. The topological polar surface area (TPSA) is 54.4 Å². The monoisotopic (exact) mass is 418 g/mol. The normalized spacial score (nSPS) is 18.1. The smallest absolute Gasteiger partial charge is 0.231 e. The summed E-state index contributed by atoms with van der Waals surface area (Å²) in [5.74, 6) is 1.66. The maximum atomic E-state index is 10.3. The second kappa shape index (κ2) is 9.78. The SMILES string of the molecule is O[C@@H](COCc1ccc(Cl)cc1)CN1CCN(Cc2ccc3c(c2)OCO3)CC1. The fraction of sp³-hybridized carbons (Fsp3) is 0.455. The van der Waals surface area contributed by atoms with Crippen LogP contribution in [0.2, 0.25) is 5.02 Å². The van der Waals surface area contributed by atoms with E-state index >= 15 is 0 Å². The van der Waals surface area contributed by atoms with Gasteiger partial charge in [-0.15, -0.1) is 0 Å². The van der Waals surface area contributed by atoms with Crippen molar-refractivity contribution in [1.29, 1.82) is 0 Å². The first kappa shape index (κ1) is 20.4. The van der Waals surface area contributed by atoms with E-state index in [-0.39, 0.29) is 0 Å². The number of β-amino-alcohol motifs (C(OH)–C–C–N with tert-alkyl or cyclic N) is 1. The van der Waals surface area contributed by atoms with Gasteiger partial charge in [0.2, 0.25) is 6.79 Å². The summed E-state index contributed by atoms with van der Waals surface area (Å²) < 4.78 is 16.5. The Hall–Kier alpha value is -1.83. The molecule has 0 radical (unpaired) electrons. The van der Waals surface area contributed by atoms with Crippen molar-refractivity contribution in [3.8, 4) is 11.5 Å². The highest BCUT2D eigenvalue weighted by Crippen LogP contribution is 2.32. The maximum Gasteiger partial charge on any atom is 0.231 e. The van der Waals surface area contributed by atoms with Crippen LogP contribution in [-0.4, -0.2) is 67.1 Å².